The van der Waals surface area contributed by atoms with Crippen molar-refractivity contribution in [3.63, 3.8) is 0 Å². The van der Waals surface area contributed by atoms with Crippen molar-refractivity contribution in [3.8, 4) is 22.8 Å². The van der Waals surface area contributed by atoms with E-state index >= 15 is 4.39 Å². The molecule has 1 aliphatic heterocycles. The number of rotatable bonds is 9. The van der Waals surface area contributed by atoms with Crippen molar-refractivity contribution in [2.75, 3.05) is 20.3 Å². The molecular weight excluding hydrogens is 677 g/mol. The normalized spacial score (nSPS) is 16.7. The van der Waals surface area contributed by atoms with Crippen LogP contribution in [0.15, 0.2) is 60.8 Å². The molecule has 0 aliphatic carbocycles. The molecule has 6 rings (SSSR count). The molecule has 0 spiro atoms. The molecule has 10 nitrogen and oxygen atoms in total. The van der Waals surface area contributed by atoms with Gasteiger partial charge in [0.15, 0.2) is 0 Å². The minimum Gasteiger partial charge on any atom is -0.494 e. The van der Waals surface area contributed by atoms with Gasteiger partial charge in [-0.2, -0.15) is 13.9 Å². The number of nitrogens with zero attached hydrogens (tertiary/aromatic N) is 3. The minimum atomic E-state index is -2.96. The van der Waals surface area contributed by atoms with E-state index in [0.717, 1.165) is 24.4 Å². The quantitative estimate of drug-likeness (QED) is 0.139. The lowest BCUT2D eigenvalue weighted by atomic mass is 9.80. The Kier molecular flexibility index (Phi) is 8.44. The molecular formula is C33H25ClF5N5O5. The summed E-state index contributed by atoms with van der Waals surface area (Å²) in [7, 11) is 1.26. The average molecular weight is 702 g/mol. The number of hydrogen-bond acceptors (Lipinski definition) is 7. The molecule has 2 atom stereocenters. The van der Waals surface area contributed by atoms with Gasteiger partial charge >= 0.3 is 6.55 Å². The number of ether oxygens (including phenoxy) is 2. The van der Waals surface area contributed by atoms with Crippen LogP contribution >= 0.6 is 11.6 Å². The second kappa shape index (κ2) is 12.3. The molecule has 0 bridgehead atoms. The first-order valence-corrected chi connectivity index (χ1v) is 14.8. The number of nitrogens with one attached hydrogen (secondary N) is 1. The summed E-state index contributed by atoms with van der Waals surface area (Å²) in [6.45, 7) is -2.50. The molecule has 254 valence electrons. The number of nitrogens with two attached hydrogens (primary N) is 1. The summed E-state index contributed by atoms with van der Waals surface area (Å²) in [5, 5.41) is 18.4. The third-order valence-electron chi connectivity index (χ3n) is 8.39. The number of carbonyl (C=O) groups is 2. The average Bonchev–Trinajstić information content (AvgIpc) is 3.67. The van der Waals surface area contributed by atoms with Gasteiger partial charge in [-0.25, -0.2) is 22.8 Å². The monoisotopic (exact) mass is 701 g/mol. The predicted molar refractivity (Wildman–Crippen MR) is 166 cm³/mol. The molecule has 4 N–H and O–H groups in total. The third-order valence-corrected chi connectivity index (χ3v) is 8.68. The van der Waals surface area contributed by atoms with Gasteiger partial charge in [0.05, 0.1) is 24.4 Å². The Balaban J connectivity index is 1.50. The van der Waals surface area contributed by atoms with Crippen LogP contribution < -0.4 is 20.5 Å². The van der Waals surface area contributed by atoms with E-state index in [4.69, 9.17) is 26.8 Å². The lowest BCUT2D eigenvalue weighted by Gasteiger charge is -2.30. The number of halogens is 6. The number of amides is 2. The second-order valence-electron chi connectivity index (χ2n) is 11.5. The van der Waals surface area contributed by atoms with E-state index in [-0.39, 0.29) is 62.7 Å². The fraction of sp³-hybridized carbons (Fsp3) is 0.212. The maximum atomic E-state index is 15.3. The Morgan fingerprint density at radius 1 is 1.16 bits per heavy atom. The van der Waals surface area contributed by atoms with Crippen LogP contribution in [0.4, 0.5) is 22.0 Å². The van der Waals surface area contributed by atoms with E-state index in [9.17, 15) is 32.3 Å². The van der Waals surface area contributed by atoms with Gasteiger partial charge in [-0.1, -0.05) is 23.7 Å². The Bertz CT molecular complexity index is 2160. The molecule has 16 heteroatoms. The molecule has 0 saturated carbocycles. The van der Waals surface area contributed by atoms with E-state index in [2.05, 4.69) is 15.4 Å². The van der Waals surface area contributed by atoms with Gasteiger partial charge in [0, 0.05) is 34.3 Å². The number of methoxy groups -OCH3 is 1. The van der Waals surface area contributed by atoms with E-state index in [0.29, 0.717) is 10.7 Å². The molecule has 1 aliphatic rings. The van der Waals surface area contributed by atoms with Gasteiger partial charge in [-0.15, -0.1) is 0 Å². The highest BCUT2D eigenvalue weighted by Gasteiger charge is 2.46. The fourth-order valence-electron chi connectivity index (χ4n) is 5.59. The molecule has 3 heterocycles. The van der Waals surface area contributed by atoms with E-state index < -0.39 is 58.4 Å². The third kappa shape index (κ3) is 5.78. The van der Waals surface area contributed by atoms with E-state index in [1.807, 2.05) is 0 Å². The van der Waals surface area contributed by atoms with E-state index in [1.54, 1.807) is 0 Å². The summed E-state index contributed by atoms with van der Waals surface area (Å²) in [6.07, 6.45) is 1.02. The Hall–Kier alpha value is -5.28. The number of fused-ring (bicyclic) bond motifs is 2. The summed E-state index contributed by atoms with van der Waals surface area (Å²) in [5.41, 5.74) is 0.825. The Morgan fingerprint density at radius 3 is 2.59 bits per heavy atom. The summed E-state index contributed by atoms with van der Waals surface area (Å²) >= 11 is 5.98. The number of aromatic nitrogens is 3. The highest BCUT2D eigenvalue weighted by atomic mass is 35.5. The first kappa shape index (κ1) is 33.6. The van der Waals surface area contributed by atoms with Gasteiger partial charge in [-0.05, 0) is 48.9 Å². The van der Waals surface area contributed by atoms with Gasteiger partial charge in [-0.3, -0.25) is 9.59 Å². The number of alkyl halides is 2. The van der Waals surface area contributed by atoms with Crippen LogP contribution in [-0.4, -0.2) is 51.9 Å². The summed E-state index contributed by atoms with van der Waals surface area (Å²) in [6, 6.07) is 10.0. The van der Waals surface area contributed by atoms with Crippen LogP contribution in [0, 0.1) is 17.5 Å². The lowest BCUT2D eigenvalue weighted by molar-refractivity contribution is -0.123. The Morgan fingerprint density at radius 2 is 1.92 bits per heavy atom. The molecule has 3 aromatic carbocycles. The van der Waals surface area contributed by atoms with Crippen molar-refractivity contribution in [1.82, 2.24) is 20.1 Å². The SMILES string of the molecule is COc1cc(C(=O)NC[C@@](O)(c2cccc(F)c2)c2cc3c(c(-c4cc(Cl)c(F)cc4F)n2)OC[C@]3(C)C(N)=O)cc2cn(C(F)F)nc12. The summed E-state index contributed by atoms with van der Waals surface area (Å²) < 4.78 is 82.1. The lowest BCUT2D eigenvalue weighted by Crippen LogP contribution is -2.43. The first-order valence-electron chi connectivity index (χ1n) is 14.4. The molecule has 0 unspecified atom stereocenters. The molecule has 0 saturated heterocycles. The highest BCUT2D eigenvalue weighted by molar-refractivity contribution is 6.31. The molecule has 2 amide bonds. The zero-order chi connectivity index (χ0) is 35.4. The standard InChI is InChI=1S/C33H25ClF5N5O5/c1-32(30(40)46)14-49-28-20(32)10-25(42-27(28)19-9-21(34)23(37)11-22(19)36)33(47,17-4-3-5-18(35)8-17)13-41-29(45)15-6-16-12-44(31(38)39)43-26(16)24(7-15)48-2/h3-12,31,47H,13-14H2,1-2H3,(H2,40,46)(H,41,45)/t32-,33+/m0/s1. The van der Waals surface area contributed by atoms with Crippen LogP contribution in [0.5, 0.6) is 11.5 Å². The van der Waals surface area contributed by atoms with Crippen molar-refractivity contribution < 1.29 is 46.1 Å². The largest absolute Gasteiger partial charge is 0.494 e. The van der Waals surface area contributed by atoms with Crippen LogP contribution in [0.3, 0.4) is 0 Å². The van der Waals surface area contributed by atoms with Gasteiger partial charge in [0.2, 0.25) is 5.91 Å². The summed E-state index contributed by atoms with van der Waals surface area (Å²) in [5.74, 6) is -4.67. The topological polar surface area (TPSA) is 142 Å². The number of pyridine rings is 1. The minimum absolute atomic E-state index is 0.0121. The second-order valence-corrected chi connectivity index (χ2v) is 11.9. The van der Waals surface area contributed by atoms with Crippen molar-refractivity contribution in [2.45, 2.75) is 24.5 Å². The number of carbonyl (C=O) groups excluding carboxylic acids is 2. The highest BCUT2D eigenvalue weighted by Crippen LogP contribution is 2.47. The van der Waals surface area contributed by atoms with Crippen molar-refractivity contribution in [3.05, 3.63) is 106 Å². The van der Waals surface area contributed by atoms with Crippen LogP contribution in [0.1, 0.15) is 40.7 Å². The van der Waals surface area contributed by atoms with Crippen molar-refractivity contribution in [1.29, 1.82) is 0 Å². The first-order chi connectivity index (χ1) is 23.2. The fourth-order valence-corrected chi connectivity index (χ4v) is 5.75. The maximum Gasteiger partial charge on any atom is 0.333 e. The zero-order valence-corrected chi connectivity index (χ0v) is 26.3. The molecule has 5 aromatic rings. The van der Waals surface area contributed by atoms with Crippen molar-refractivity contribution >= 4 is 34.3 Å². The van der Waals surface area contributed by atoms with Gasteiger partial charge in [0.25, 0.3) is 5.91 Å². The smallest absolute Gasteiger partial charge is 0.333 e. The number of aliphatic hydroxyl groups is 1. The zero-order valence-electron chi connectivity index (χ0n) is 25.5. The molecule has 2 aromatic heterocycles. The molecule has 49 heavy (non-hydrogen) atoms. The van der Waals surface area contributed by atoms with Gasteiger partial charge < -0.3 is 25.6 Å². The number of primary amides is 1. The molecule has 0 fully saturated rings. The van der Waals surface area contributed by atoms with E-state index in [1.165, 1.54) is 44.4 Å². The maximum absolute atomic E-state index is 15.3. The number of benzene rings is 3. The molecule has 0 radical (unpaired) electrons. The van der Waals surface area contributed by atoms with Crippen molar-refractivity contribution in [2.24, 2.45) is 5.73 Å². The number of hydrogen-bond donors (Lipinski definition) is 3. The van der Waals surface area contributed by atoms with Crippen LogP contribution in [0.2, 0.25) is 5.02 Å². The summed E-state index contributed by atoms with van der Waals surface area (Å²) in [4.78, 5) is 30.7. The van der Waals surface area contributed by atoms with Crippen LogP contribution in [-0.2, 0) is 15.8 Å². The predicted octanol–water partition coefficient (Wildman–Crippen LogP) is 5.37. The van der Waals surface area contributed by atoms with Gasteiger partial charge in [0.1, 0.15) is 57.8 Å². The Labute approximate surface area is 279 Å². The van der Waals surface area contributed by atoms with Crippen LogP contribution in [0.25, 0.3) is 22.2 Å².